The maximum absolute atomic E-state index is 12.1. The highest BCUT2D eigenvalue weighted by atomic mass is 35.5. The summed E-state index contributed by atoms with van der Waals surface area (Å²) in [5, 5.41) is 11.6. The Morgan fingerprint density at radius 3 is 2.57 bits per heavy atom. The van der Waals surface area contributed by atoms with Crippen LogP contribution in [0.4, 0.5) is 0 Å². The van der Waals surface area contributed by atoms with Crippen molar-refractivity contribution < 1.29 is 14.6 Å². The van der Waals surface area contributed by atoms with Crippen LogP contribution in [0, 0.1) is 0 Å². The lowest BCUT2D eigenvalue weighted by Crippen LogP contribution is -2.39. The number of rotatable bonds is 5. The van der Waals surface area contributed by atoms with Crippen LogP contribution >= 0.6 is 23.2 Å². The summed E-state index contributed by atoms with van der Waals surface area (Å²) in [7, 11) is 1.23. The third-order valence-corrected chi connectivity index (χ3v) is 4.03. The van der Waals surface area contributed by atoms with E-state index in [2.05, 4.69) is 5.73 Å². The highest BCUT2D eigenvalue weighted by Gasteiger charge is 2.38. The molecular weight excluding hydrogens is 335 g/mol. The summed E-state index contributed by atoms with van der Waals surface area (Å²) in [6.45, 7) is 5.51. The van der Waals surface area contributed by atoms with Gasteiger partial charge in [-0.2, -0.15) is 0 Å². The lowest BCUT2D eigenvalue weighted by molar-refractivity contribution is -0.154. The molecule has 0 bridgehead atoms. The molecule has 0 aliphatic heterocycles. The smallest absolute Gasteiger partial charge is 0.347 e. The molecular formula is C18H20Cl2O3. The van der Waals surface area contributed by atoms with Crippen molar-refractivity contribution in [3.63, 3.8) is 0 Å². The molecule has 0 aromatic heterocycles. The standard InChI is InChI=1S/C18H20Cl2O3/c1-5-14(11-12(2)3)18(22,17(21)23-4)10-9-13-7-6-8-15(19)16(13)20/h6-10,22H,5H2,1-4H3/b10-9+/t18-/m1/s1. The summed E-state index contributed by atoms with van der Waals surface area (Å²) in [6, 6.07) is 5.13. The van der Waals surface area contributed by atoms with Gasteiger partial charge < -0.3 is 9.84 Å². The Morgan fingerprint density at radius 1 is 1.39 bits per heavy atom. The molecule has 23 heavy (non-hydrogen) atoms. The summed E-state index contributed by atoms with van der Waals surface area (Å²) in [6.07, 6.45) is 3.34. The zero-order valence-corrected chi connectivity index (χ0v) is 15.1. The van der Waals surface area contributed by atoms with E-state index in [1.807, 2.05) is 20.8 Å². The summed E-state index contributed by atoms with van der Waals surface area (Å²) >= 11 is 12.1. The number of benzene rings is 1. The largest absolute Gasteiger partial charge is 0.466 e. The summed E-state index contributed by atoms with van der Waals surface area (Å²) in [5.74, 6) is -0.780. The van der Waals surface area contributed by atoms with E-state index in [0.29, 0.717) is 27.6 Å². The molecule has 0 fully saturated rings. The third-order valence-electron chi connectivity index (χ3n) is 3.20. The lowest BCUT2D eigenvalue weighted by atomic mass is 9.90. The zero-order valence-electron chi connectivity index (χ0n) is 13.6. The number of hydrogen-bond acceptors (Lipinski definition) is 3. The number of carbonyl (C=O) groups is 1. The molecule has 0 saturated heterocycles. The van der Waals surface area contributed by atoms with Crippen LogP contribution in [0.1, 0.15) is 32.8 Å². The SMILES string of the molecule is CCC(=C=C(C)C)[C@](O)(/C=C/c1cccc(Cl)c1Cl)C(=O)OC. The minimum Gasteiger partial charge on any atom is -0.466 e. The number of carbonyl (C=O) groups excluding carboxylic acids is 1. The molecule has 0 aliphatic carbocycles. The van der Waals surface area contributed by atoms with Gasteiger partial charge in [0, 0.05) is 5.57 Å². The van der Waals surface area contributed by atoms with E-state index in [9.17, 15) is 9.90 Å². The fourth-order valence-electron chi connectivity index (χ4n) is 2.06. The van der Waals surface area contributed by atoms with Crippen LogP contribution in [0.15, 0.2) is 41.2 Å². The average molecular weight is 355 g/mol. The fraction of sp³-hybridized carbons (Fsp3) is 0.333. The van der Waals surface area contributed by atoms with Crippen molar-refractivity contribution in [2.24, 2.45) is 0 Å². The van der Waals surface area contributed by atoms with Crippen molar-refractivity contribution in [2.75, 3.05) is 7.11 Å². The molecule has 0 heterocycles. The van der Waals surface area contributed by atoms with Crippen LogP contribution in [0.3, 0.4) is 0 Å². The van der Waals surface area contributed by atoms with Crippen LogP contribution in [-0.2, 0) is 9.53 Å². The van der Waals surface area contributed by atoms with Crippen molar-refractivity contribution in [2.45, 2.75) is 32.8 Å². The predicted octanol–water partition coefficient (Wildman–Crippen LogP) is 4.81. The van der Waals surface area contributed by atoms with Gasteiger partial charge in [-0.05, 0) is 43.5 Å². The van der Waals surface area contributed by atoms with E-state index in [0.717, 1.165) is 5.57 Å². The zero-order chi connectivity index (χ0) is 17.6. The molecule has 0 amide bonds. The number of aliphatic hydroxyl groups is 1. The highest BCUT2D eigenvalue weighted by Crippen LogP contribution is 2.29. The number of esters is 1. The molecule has 124 valence electrons. The van der Waals surface area contributed by atoms with E-state index < -0.39 is 11.6 Å². The van der Waals surface area contributed by atoms with Gasteiger partial charge in [0.25, 0.3) is 0 Å². The Morgan fingerprint density at radius 2 is 2.04 bits per heavy atom. The van der Waals surface area contributed by atoms with Crippen LogP contribution < -0.4 is 0 Å². The van der Waals surface area contributed by atoms with Gasteiger partial charge in [0.2, 0.25) is 5.60 Å². The molecule has 0 saturated carbocycles. The van der Waals surface area contributed by atoms with Gasteiger partial charge in [-0.15, -0.1) is 5.73 Å². The van der Waals surface area contributed by atoms with Gasteiger partial charge >= 0.3 is 5.97 Å². The Balaban J connectivity index is 3.44. The Kier molecular flexibility index (Phi) is 7.11. The Hall–Kier alpha value is -1.51. The van der Waals surface area contributed by atoms with Gasteiger partial charge in [-0.3, -0.25) is 0 Å². The van der Waals surface area contributed by atoms with Crippen molar-refractivity contribution in [3.8, 4) is 0 Å². The van der Waals surface area contributed by atoms with E-state index in [-0.39, 0.29) is 0 Å². The fourth-order valence-corrected chi connectivity index (χ4v) is 2.43. The number of ether oxygens (including phenoxy) is 1. The second-order valence-corrected chi connectivity index (χ2v) is 5.98. The van der Waals surface area contributed by atoms with Crippen LogP contribution in [0.5, 0.6) is 0 Å². The number of hydrogen-bond donors (Lipinski definition) is 1. The molecule has 3 nitrogen and oxygen atoms in total. The molecule has 1 N–H and O–H groups in total. The quantitative estimate of drug-likeness (QED) is 0.609. The van der Waals surface area contributed by atoms with E-state index in [1.165, 1.54) is 13.2 Å². The topological polar surface area (TPSA) is 46.5 Å². The second-order valence-electron chi connectivity index (χ2n) is 5.19. The first-order chi connectivity index (χ1) is 10.8. The molecule has 0 unspecified atom stereocenters. The monoisotopic (exact) mass is 354 g/mol. The van der Waals surface area contributed by atoms with Crippen molar-refractivity contribution in [3.05, 3.63) is 56.8 Å². The molecule has 0 radical (unpaired) electrons. The normalized spacial score (nSPS) is 13.3. The van der Waals surface area contributed by atoms with Crippen LogP contribution in [0.2, 0.25) is 10.0 Å². The van der Waals surface area contributed by atoms with Gasteiger partial charge in [0.15, 0.2) is 0 Å². The van der Waals surface area contributed by atoms with Gasteiger partial charge in [-0.25, -0.2) is 4.79 Å². The molecule has 1 rings (SSSR count). The molecule has 5 heteroatoms. The minimum atomic E-state index is -1.91. The first kappa shape index (κ1) is 19.5. The van der Waals surface area contributed by atoms with Crippen molar-refractivity contribution in [1.29, 1.82) is 0 Å². The maximum atomic E-state index is 12.1. The predicted molar refractivity (Wildman–Crippen MR) is 94.6 cm³/mol. The van der Waals surface area contributed by atoms with E-state index in [4.69, 9.17) is 27.9 Å². The van der Waals surface area contributed by atoms with Gasteiger partial charge in [-0.1, -0.05) is 48.3 Å². The molecule has 0 spiro atoms. The molecule has 1 aromatic carbocycles. The third kappa shape index (κ3) is 4.73. The summed E-state index contributed by atoms with van der Waals surface area (Å²) < 4.78 is 4.75. The van der Waals surface area contributed by atoms with Gasteiger partial charge in [0.05, 0.1) is 17.2 Å². The maximum Gasteiger partial charge on any atom is 0.347 e. The highest BCUT2D eigenvalue weighted by molar-refractivity contribution is 6.42. The van der Waals surface area contributed by atoms with Crippen molar-refractivity contribution in [1.82, 2.24) is 0 Å². The minimum absolute atomic E-state index is 0.349. The van der Waals surface area contributed by atoms with Crippen LogP contribution in [0.25, 0.3) is 6.08 Å². The van der Waals surface area contributed by atoms with E-state index in [1.54, 1.807) is 24.3 Å². The lowest BCUT2D eigenvalue weighted by Gasteiger charge is -2.23. The number of methoxy groups -OCH3 is 1. The number of halogens is 2. The van der Waals surface area contributed by atoms with E-state index >= 15 is 0 Å². The van der Waals surface area contributed by atoms with Crippen LogP contribution in [-0.4, -0.2) is 23.8 Å². The average Bonchev–Trinajstić information content (AvgIpc) is 2.52. The second kappa shape index (κ2) is 8.37. The molecule has 1 atom stereocenters. The first-order valence-corrected chi connectivity index (χ1v) is 7.89. The molecule has 0 aliphatic rings. The summed E-state index contributed by atoms with van der Waals surface area (Å²) in [5.41, 5.74) is 2.96. The molecule has 1 aromatic rings. The first-order valence-electron chi connectivity index (χ1n) is 7.13. The Bertz CT molecular complexity index is 682. The van der Waals surface area contributed by atoms with Crippen molar-refractivity contribution >= 4 is 35.2 Å². The van der Waals surface area contributed by atoms with Gasteiger partial charge in [0.1, 0.15) is 0 Å². The Labute approximate surface area is 146 Å². The summed E-state index contributed by atoms with van der Waals surface area (Å²) in [4.78, 5) is 12.1.